The number of thiazole rings is 1. The number of anilines is 1. The fraction of sp³-hybridized carbons (Fsp3) is 0.421. The van der Waals surface area contributed by atoms with Crippen LogP contribution in [0.5, 0.6) is 0 Å². The number of thioether (sulfide) groups is 1. The molecular weight excluding hydrogens is 378 g/mol. The average molecular weight is 402 g/mol. The van der Waals surface area contributed by atoms with E-state index in [0.29, 0.717) is 18.8 Å². The number of hydrogen-bond acceptors (Lipinski definition) is 6. The van der Waals surface area contributed by atoms with Crippen molar-refractivity contribution in [3.63, 3.8) is 0 Å². The van der Waals surface area contributed by atoms with E-state index in [9.17, 15) is 4.79 Å². The first-order chi connectivity index (χ1) is 13.1. The van der Waals surface area contributed by atoms with E-state index in [1.165, 1.54) is 9.60 Å². The number of fused-ring (bicyclic) bond motifs is 1. The summed E-state index contributed by atoms with van der Waals surface area (Å²) in [6, 6.07) is 8.40. The van der Waals surface area contributed by atoms with E-state index in [1.807, 2.05) is 24.8 Å². The predicted octanol–water partition coefficient (Wildman–Crippen LogP) is 3.76. The summed E-state index contributed by atoms with van der Waals surface area (Å²) in [6.07, 6.45) is 3.79. The summed E-state index contributed by atoms with van der Waals surface area (Å²) in [6.45, 7) is 7.09. The highest BCUT2D eigenvalue weighted by Gasteiger charge is 2.26. The van der Waals surface area contributed by atoms with E-state index in [0.717, 1.165) is 23.7 Å². The van der Waals surface area contributed by atoms with E-state index in [2.05, 4.69) is 34.5 Å². The Bertz CT molecular complexity index is 956. The van der Waals surface area contributed by atoms with Crippen LogP contribution in [-0.4, -0.2) is 58.0 Å². The van der Waals surface area contributed by atoms with Crippen LogP contribution in [0.3, 0.4) is 0 Å². The lowest BCUT2D eigenvalue weighted by molar-refractivity contribution is 0.0732. The maximum Gasteiger partial charge on any atom is 0.272 e. The van der Waals surface area contributed by atoms with Gasteiger partial charge in [-0.2, -0.15) is 5.10 Å². The molecule has 2 aromatic heterocycles. The molecule has 0 atom stereocenters. The quantitative estimate of drug-likeness (QED) is 0.623. The minimum absolute atomic E-state index is 0.0646. The molecule has 0 radical (unpaired) electrons. The molecule has 1 aromatic carbocycles. The largest absolute Gasteiger partial charge is 0.345 e. The zero-order chi connectivity index (χ0) is 19.0. The van der Waals surface area contributed by atoms with Crippen molar-refractivity contribution >= 4 is 44.4 Å². The van der Waals surface area contributed by atoms with Crippen LogP contribution < -0.4 is 4.90 Å². The van der Waals surface area contributed by atoms with E-state index in [4.69, 9.17) is 4.98 Å². The first-order valence-corrected chi connectivity index (χ1v) is 11.1. The Kier molecular flexibility index (Phi) is 5.10. The Morgan fingerprint density at radius 3 is 2.67 bits per heavy atom. The zero-order valence-electron chi connectivity index (χ0n) is 15.8. The van der Waals surface area contributed by atoms with Gasteiger partial charge in [0.2, 0.25) is 0 Å². The van der Waals surface area contributed by atoms with Crippen LogP contribution >= 0.6 is 23.1 Å². The van der Waals surface area contributed by atoms with Crippen LogP contribution in [0.2, 0.25) is 0 Å². The lowest BCUT2D eigenvalue weighted by Crippen LogP contribution is -2.49. The number of amides is 1. The van der Waals surface area contributed by atoms with E-state index in [1.54, 1.807) is 34.0 Å². The van der Waals surface area contributed by atoms with Crippen molar-refractivity contribution in [3.8, 4) is 0 Å². The number of aromatic nitrogens is 3. The van der Waals surface area contributed by atoms with Gasteiger partial charge in [0.25, 0.3) is 5.91 Å². The van der Waals surface area contributed by atoms with Crippen molar-refractivity contribution in [2.24, 2.45) is 0 Å². The van der Waals surface area contributed by atoms with Gasteiger partial charge in [-0.15, -0.1) is 11.8 Å². The molecule has 3 aromatic rings. The Morgan fingerprint density at radius 2 is 1.96 bits per heavy atom. The second kappa shape index (κ2) is 7.52. The Balaban J connectivity index is 1.45. The van der Waals surface area contributed by atoms with Gasteiger partial charge in [-0.3, -0.25) is 9.48 Å². The van der Waals surface area contributed by atoms with Crippen molar-refractivity contribution in [1.29, 1.82) is 0 Å². The van der Waals surface area contributed by atoms with Crippen molar-refractivity contribution in [1.82, 2.24) is 19.7 Å². The van der Waals surface area contributed by atoms with Crippen LogP contribution in [0.4, 0.5) is 5.13 Å². The summed E-state index contributed by atoms with van der Waals surface area (Å²) in [5, 5.41) is 5.33. The topological polar surface area (TPSA) is 54.3 Å². The van der Waals surface area contributed by atoms with Gasteiger partial charge in [0, 0.05) is 43.3 Å². The zero-order valence-corrected chi connectivity index (χ0v) is 17.4. The smallest absolute Gasteiger partial charge is 0.272 e. The first-order valence-electron chi connectivity index (χ1n) is 9.09. The van der Waals surface area contributed by atoms with Crippen molar-refractivity contribution in [2.45, 2.75) is 24.8 Å². The van der Waals surface area contributed by atoms with Crippen LogP contribution in [0, 0.1) is 0 Å². The Morgan fingerprint density at radius 1 is 1.19 bits per heavy atom. The molecule has 0 bridgehead atoms. The highest BCUT2D eigenvalue weighted by Crippen LogP contribution is 2.32. The molecule has 1 saturated heterocycles. The molecule has 27 heavy (non-hydrogen) atoms. The third kappa shape index (κ3) is 3.55. The van der Waals surface area contributed by atoms with Gasteiger partial charge in [-0.1, -0.05) is 11.3 Å². The standard InChI is InChI=1S/C19H23N5OS2/c1-13(2)24-16(6-7-20-24)18(25)22-8-10-23(11-9-22)19-21-15-5-4-14(26-3)12-17(15)27-19/h4-7,12-13H,8-11H2,1-3H3. The van der Waals surface area contributed by atoms with E-state index < -0.39 is 0 Å². The SMILES string of the molecule is CSc1ccc2nc(N3CCN(C(=O)c4ccnn4C(C)C)CC3)sc2c1. The van der Waals surface area contributed by atoms with Gasteiger partial charge in [0.05, 0.1) is 10.2 Å². The molecule has 0 saturated carbocycles. The summed E-state index contributed by atoms with van der Waals surface area (Å²) < 4.78 is 3.02. The average Bonchev–Trinajstić information content (AvgIpc) is 3.34. The first kappa shape index (κ1) is 18.3. The van der Waals surface area contributed by atoms with Gasteiger partial charge >= 0.3 is 0 Å². The summed E-state index contributed by atoms with van der Waals surface area (Å²) >= 11 is 3.48. The molecule has 3 heterocycles. The fourth-order valence-corrected chi connectivity index (χ4v) is 4.88. The molecule has 1 aliphatic rings. The summed E-state index contributed by atoms with van der Waals surface area (Å²) in [4.78, 5) is 23.1. The number of carbonyl (C=O) groups excluding carboxylic acids is 1. The number of piperazine rings is 1. The van der Waals surface area contributed by atoms with Gasteiger partial charge in [-0.25, -0.2) is 4.98 Å². The van der Waals surface area contributed by atoms with Crippen LogP contribution in [0.15, 0.2) is 35.4 Å². The summed E-state index contributed by atoms with van der Waals surface area (Å²) in [5.41, 5.74) is 1.72. The second-order valence-electron chi connectivity index (χ2n) is 6.86. The summed E-state index contributed by atoms with van der Waals surface area (Å²) in [7, 11) is 0. The highest BCUT2D eigenvalue weighted by atomic mass is 32.2. The number of carbonyl (C=O) groups is 1. The molecule has 142 valence electrons. The normalized spacial score (nSPS) is 15.1. The lowest BCUT2D eigenvalue weighted by atomic mass is 10.2. The van der Waals surface area contributed by atoms with Gasteiger partial charge in [0.15, 0.2) is 5.13 Å². The van der Waals surface area contributed by atoms with E-state index >= 15 is 0 Å². The van der Waals surface area contributed by atoms with Gasteiger partial charge in [-0.05, 0) is 44.4 Å². The number of rotatable bonds is 4. The number of hydrogen-bond donors (Lipinski definition) is 0. The molecule has 1 amide bonds. The van der Waals surface area contributed by atoms with Crippen molar-refractivity contribution in [2.75, 3.05) is 37.3 Å². The highest BCUT2D eigenvalue weighted by molar-refractivity contribution is 7.98. The Labute approximate surface area is 167 Å². The Hall–Kier alpha value is -2.06. The molecule has 0 unspecified atom stereocenters. The van der Waals surface area contributed by atoms with Crippen molar-refractivity contribution < 1.29 is 4.79 Å². The van der Waals surface area contributed by atoms with Gasteiger partial charge < -0.3 is 9.80 Å². The number of benzene rings is 1. The molecular formula is C19H23N5OS2. The van der Waals surface area contributed by atoms with Crippen molar-refractivity contribution in [3.05, 3.63) is 36.2 Å². The lowest BCUT2D eigenvalue weighted by Gasteiger charge is -2.34. The maximum absolute atomic E-state index is 12.9. The molecule has 8 heteroatoms. The maximum atomic E-state index is 12.9. The summed E-state index contributed by atoms with van der Waals surface area (Å²) in [5.74, 6) is 0.0646. The predicted molar refractivity (Wildman–Crippen MR) is 112 cm³/mol. The third-order valence-electron chi connectivity index (χ3n) is 4.80. The molecule has 1 fully saturated rings. The van der Waals surface area contributed by atoms with Gasteiger partial charge in [0.1, 0.15) is 5.69 Å². The fourth-order valence-electron chi connectivity index (χ4n) is 3.31. The van der Waals surface area contributed by atoms with Crippen LogP contribution in [0.1, 0.15) is 30.4 Å². The van der Waals surface area contributed by atoms with Crippen LogP contribution in [0.25, 0.3) is 10.2 Å². The molecule has 6 nitrogen and oxygen atoms in total. The minimum atomic E-state index is 0.0646. The van der Waals surface area contributed by atoms with E-state index in [-0.39, 0.29) is 11.9 Å². The second-order valence-corrected chi connectivity index (χ2v) is 8.75. The molecule has 4 rings (SSSR count). The number of nitrogens with zero attached hydrogens (tertiary/aromatic N) is 5. The monoisotopic (exact) mass is 401 g/mol. The molecule has 0 spiro atoms. The van der Waals surface area contributed by atoms with Crippen LogP contribution in [-0.2, 0) is 0 Å². The third-order valence-corrected chi connectivity index (χ3v) is 6.60. The molecule has 1 aliphatic heterocycles. The molecule has 0 N–H and O–H groups in total. The molecule has 0 aliphatic carbocycles. The minimum Gasteiger partial charge on any atom is -0.345 e.